The minimum Gasteiger partial charge on any atom is -0.480 e. The zero-order valence-electron chi connectivity index (χ0n) is 19.5. The van der Waals surface area contributed by atoms with Crippen molar-refractivity contribution in [2.45, 2.75) is 82.0 Å². The third kappa shape index (κ3) is 9.61. The number of carbonyl (C=O) groups excluding carboxylic acids is 4. The molecule has 11 N–H and O–H groups in total. The fraction of sp³-hybridized carbons (Fsp3) is 0.762. The van der Waals surface area contributed by atoms with Gasteiger partial charge < -0.3 is 43.6 Å². The minimum atomic E-state index is -1.33. The van der Waals surface area contributed by atoms with Gasteiger partial charge in [0.05, 0.1) is 12.5 Å². The highest BCUT2D eigenvalue weighted by Crippen LogP contribution is 2.20. The maximum absolute atomic E-state index is 13.1. The van der Waals surface area contributed by atoms with E-state index >= 15 is 0 Å². The van der Waals surface area contributed by atoms with Crippen LogP contribution in [0.2, 0.25) is 0 Å². The average Bonchev–Trinajstić information content (AvgIpc) is 3.27. The molecule has 1 saturated heterocycles. The van der Waals surface area contributed by atoms with E-state index in [2.05, 4.69) is 10.6 Å². The Labute approximate surface area is 199 Å². The van der Waals surface area contributed by atoms with Crippen LogP contribution < -0.4 is 33.6 Å². The highest BCUT2D eigenvalue weighted by Gasteiger charge is 2.38. The van der Waals surface area contributed by atoms with Crippen molar-refractivity contribution in [2.75, 3.05) is 19.6 Å². The second-order valence-electron chi connectivity index (χ2n) is 8.50. The minimum absolute atomic E-state index is 0.223. The van der Waals surface area contributed by atoms with E-state index in [1.165, 1.54) is 4.90 Å². The lowest BCUT2D eigenvalue weighted by Crippen LogP contribution is -2.57. The Balaban J connectivity index is 2.94. The second kappa shape index (κ2) is 15.2. The van der Waals surface area contributed by atoms with E-state index in [0.717, 1.165) is 0 Å². The van der Waals surface area contributed by atoms with E-state index in [-0.39, 0.29) is 13.0 Å². The molecule has 0 saturated carbocycles. The van der Waals surface area contributed by atoms with E-state index in [1.54, 1.807) is 0 Å². The molecule has 13 heteroatoms. The molecule has 1 aliphatic heterocycles. The number of nitrogens with one attached hydrogen (secondary N) is 2. The largest absolute Gasteiger partial charge is 0.480 e. The van der Waals surface area contributed by atoms with Gasteiger partial charge in [-0.25, -0.2) is 4.79 Å². The summed E-state index contributed by atoms with van der Waals surface area (Å²) in [4.78, 5) is 62.8. The van der Waals surface area contributed by atoms with Gasteiger partial charge in [0.15, 0.2) is 0 Å². The molecule has 13 nitrogen and oxygen atoms in total. The summed E-state index contributed by atoms with van der Waals surface area (Å²) < 4.78 is 0. The van der Waals surface area contributed by atoms with E-state index < -0.39 is 60.2 Å². The van der Waals surface area contributed by atoms with Gasteiger partial charge in [0, 0.05) is 6.54 Å². The van der Waals surface area contributed by atoms with Crippen molar-refractivity contribution in [3.8, 4) is 0 Å². The number of hydrogen-bond acceptors (Lipinski definition) is 8. The SMILES string of the molecule is NCCCCC(N)C(=O)NC(CC(N)=O)C(=O)NC(CCCCN)C(=O)N1CCCC1C(=O)O. The number of nitrogens with zero attached hydrogens (tertiary/aromatic N) is 1. The van der Waals surface area contributed by atoms with E-state index in [9.17, 15) is 29.1 Å². The molecule has 1 rings (SSSR count). The molecule has 0 bridgehead atoms. The number of primary amides is 1. The molecule has 1 fully saturated rings. The van der Waals surface area contributed by atoms with Gasteiger partial charge in [-0.2, -0.15) is 0 Å². The molecule has 0 radical (unpaired) electrons. The van der Waals surface area contributed by atoms with Gasteiger partial charge in [-0.3, -0.25) is 19.2 Å². The van der Waals surface area contributed by atoms with Crippen LogP contribution in [0.25, 0.3) is 0 Å². The van der Waals surface area contributed by atoms with Crippen molar-refractivity contribution in [1.82, 2.24) is 15.5 Å². The zero-order chi connectivity index (χ0) is 25.7. The molecule has 0 aromatic heterocycles. The van der Waals surface area contributed by atoms with Crippen LogP contribution in [0.5, 0.6) is 0 Å². The number of rotatable bonds is 16. The summed E-state index contributed by atoms with van der Waals surface area (Å²) in [6.45, 7) is 1.11. The molecule has 1 heterocycles. The molecule has 4 amide bonds. The number of unbranched alkanes of at least 4 members (excludes halogenated alkanes) is 2. The highest BCUT2D eigenvalue weighted by molar-refractivity contribution is 5.96. The Hall–Kier alpha value is -2.77. The average molecular weight is 486 g/mol. The van der Waals surface area contributed by atoms with Crippen molar-refractivity contribution in [3.63, 3.8) is 0 Å². The van der Waals surface area contributed by atoms with Gasteiger partial charge in [-0.05, 0) is 58.0 Å². The molecule has 4 unspecified atom stereocenters. The van der Waals surface area contributed by atoms with Crippen LogP contribution in [0.4, 0.5) is 0 Å². The summed E-state index contributed by atoms with van der Waals surface area (Å²) in [5.41, 5.74) is 22.1. The summed E-state index contributed by atoms with van der Waals surface area (Å²) in [6.07, 6.45) is 3.36. The molecule has 0 spiro atoms. The van der Waals surface area contributed by atoms with Gasteiger partial charge in [-0.15, -0.1) is 0 Å². The zero-order valence-corrected chi connectivity index (χ0v) is 19.5. The fourth-order valence-corrected chi connectivity index (χ4v) is 3.84. The Morgan fingerprint density at radius 1 is 0.912 bits per heavy atom. The standard InChI is InChI=1S/C21H39N7O6/c22-9-3-1-6-13(24)18(30)27-15(12-17(25)29)19(31)26-14(7-2-4-10-23)20(32)28-11-5-8-16(28)21(33)34/h13-16H,1-12,22-24H2,(H2,25,29)(H,26,31)(H,27,30)(H,33,34). The van der Waals surface area contributed by atoms with Crippen LogP contribution in [0.1, 0.15) is 57.8 Å². The van der Waals surface area contributed by atoms with E-state index in [0.29, 0.717) is 58.0 Å². The number of amides is 4. The first-order valence-corrected chi connectivity index (χ1v) is 11.7. The quantitative estimate of drug-likeness (QED) is 0.114. The molecule has 194 valence electrons. The number of carbonyl (C=O) groups is 5. The lowest BCUT2D eigenvalue weighted by atomic mass is 10.0. The van der Waals surface area contributed by atoms with Crippen LogP contribution in [0, 0.1) is 0 Å². The van der Waals surface area contributed by atoms with E-state index in [1.807, 2.05) is 0 Å². The number of aliphatic carboxylic acids is 1. The van der Waals surface area contributed by atoms with E-state index in [4.69, 9.17) is 22.9 Å². The highest BCUT2D eigenvalue weighted by atomic mass is 16.4. The summed E-state index contributed by atoms with van der Waals surface area (Å²) in [6, 6.07) is -4.24. The fourth-order valence-electron chi connectivity index (χ4n) is 3.84. The third-order valence-corrected chi connectivity index (χ3v) is 5.73. The van der Waals surface area contributed by atoms with Gasteiger partial charge in [0.2, 0.25) is 23.6 Å². The summed E-state index contributed by atoms with van der Waals surface area (Å²) >= 11 is 0. The van der Waals surface area contributed by atoms with Gasteiger partial charge >= 0.3 is 5.97 Å². The number of carboxylic acids is 1. The molecule has 0 aromatic carbocycles. The van der Waals surface area contributed by atoms with Crippen molar-refractivity contribution in [2.24, 2.45) is 22.9 Å². The first-order valence-electron chi connectivity index (χ1n) is 11.7. The molecule has 0 aromatic rings. The number of hydrogen-bond donors (Lipinski definition) is 7. The Bertz CT molecular complexity index is 720. The van der Waals surface area contributed by atoms with Gasteiger partial charge in [0.25, 0.3) is 0 Å². The predicted molar refractivity (Wildman–Crippen MR) is 124 cm³/mol. The maximum Gasteiger partial charge on any atom is 0.326 e. The number of carboxylic acid groups (broad SMARTS) is 1. The van der Waals surface area contributed by atoms with Crippen molar-refractivity contribution in [3.05, 3.63) is 0 Å². The molecule has 34 heavy (non-hydrogen) atoms. The van der Waals surface area contributed by atoms with Crippen molar-refractivity contribution in [1.29, 1.82) is 0 Å². The summed E-state index contributed by atoms with van der Waals surface area (Å²) in [5, 5.41) is 14.4. The number of nitrogens with two attached hydrogens (primary N) is 4. The van der Waals surface area contributed by atoms with Crippen molar-refractivity contribution >= 4 is 29.6 Å². The lowest BCUT2D eigenvalue weighted by Gasteiger charge is -2.29. The van der Waals surface area contributed by atoms with Crippen LogP contribution >= 0.6 is 0 Å². The Morgan fingerprint density at radius 3 is 2.06 bits per heavy atom. The van der Waals surface area contributed by atoms with Gasteiger partial charge in [0.1, 0.15) is 18.1 Å². The second-order valence-corrected chi connectivity index (χ2v) is 8.50. The van der Waals surface area contributed by atoms with Crippen LogP contribution in [-0.4, -0.2) is 83.4 Å². The van der Waals surface area contributed by atoms with Crippen LogP contribution in [0.3, 0.4) is 0 Å². The molecular weight excluding hydrogens is 446 g/mol. The number of likely N-dealkylation sites (tertiary alicyclic amines) is 1. The van der Waals surface area contributed by atoms with Crippen LogP contribution in [0.15, 0.2) is 0 Å². The summed E-state index contributed by atoms with van der Waals surface area (Å²) in [5.74, 6) is -3.87. The van der Waals surface area contributed by atoms with Crippen LogP contribution in [-0.2, 0) is 24.0 Å². The molecule has 1 aliphatic rings. The van der Waals surface area contributed by atoms with Crippen molar-refractivity contribution < 1.29 is 29.1 Å². The first-order chi connectivity index (χ1) is 16.1. The molecule has 0 aliphatic carbocycles. The van der Waals surface area contributed by atoms with Gasteiger partial charge in [-0.1, -0.05) is 6.42 Å². The summed E-state index contributed by atoms with van der Waals surface area (Å²) in [7, 11) is 0. The predicted octanol–water partition coefficient (Wildman–Crippen LogP) is -2.51. The monoisotopic (exact) mass is 485 g/mol. The normalized spacial score (nSPS) is 18.1. The molecule has 4 atom stereocenters. The Morgan fingerprint density at radius 2 is 1.50 bits per heavy atom. The topological polar surface area (TPSA) is 237 Å². The Kier molecular flexibility index (Phi) is 13.1. The molecular formula is C21H39N7O6. The third-order valence-electron chi connectivity index (χ3n) is 5.73. The lowest BCUT2D eigenvalue weighted by molar-refractivity contribution is -0.149. The first kappa shape index (κ1) is 29.3. The smallest absolute Gasteiger partial charge is 0.326 e. The maximum atomic E-state index is 13.1.